The summed E-state index contributed by atoms with van der Waals surface area (Å²) >= 11 is 0. The van der Waals surface area contributed by atoms with Crippen molar-refractivity contribution in [2.45, 2.75) is 44.3 Å². The van der Waals surface area contributed by atoms with E-state index in [1.54, 1.807) is 6.07 Å². The molecule has 1 aliphatic rings. The van der Waals surface area contributed by atoms with Crippen LogP contribution >= 0.6 is 0 Å². The van der Waals surface area contributed by atoms with Gasteiger partial charge < -0.3 is 15.5 Å². The van der Waals surface area contributed by atoms with Crippen LogP contribution in [0.2, 0.25) is 0 Å². The van der Waals surface area contributed by atoms with E-state index in [0.29, 0.717) is 24.4 Å². The second kappa shape index (κ2) is 5.29. The van der Waals surface area contributed by atoms with E-state index in [9.17, 15) is 10.1 Å². The highest BCUT2D eigenvalue weighted by molar-refractivity contribution is 5.17. The van der Waals surface area contributed by atoms with Crippen molar-refractivity contribution in [3.05, 3.63) is 28.0 Å². The lowest BCUT2D eigenvalue weighted by atomic mass is 9.92. The van der Waals surface area contributed by atoms with Crippen LogP contribution in [0.15, 0.2) is 16.5 Å². The van der Waals surface area contributed by atoms with Gasteiger partial charge in [-0.15, -0.1) is 0 Å². The first-order chi connectivity index (χ1) is 8.15. The van der Waals surface area contributed by atoms with Crippen molar-refractivity contribution in [3.63, 3.8) is 0 Å². The fourth-order valence-corrected chi connectivity index (χ4v) is 2.13. The fraction of sp³-hybridized carbons (Fsp3) is 0.636. The third kappa shape index (κ3) is 3.28. The Kier molecular flexibility index (Phi) is 3.75. The van der Waals surface area contributed by atoms with E-state index in [1.807, 2.05) is 0 Å². The van der Waals surface area contributed by atoms with Crippen LogP contribution in [0.5, 0.6) is 0 Å². The van der Waals surface area contributed by atoms with Crippen molar-refractivity contribution in [1.82, 2.24) is 5.32 Å². The van der Waals surface area contributed by atoms with Gasteiger partial charge in [-0.3, -0.25) is 10.1 Å². The molecule has 0 radical (unpaired) electrons. The second-order valence-electron chi connectivity index (χ2n) is 4.49. The van der Waals surface area contributed by atoms with Gasteiger partial charge in [0.2, 0.25) is 0 Å². The molecule has 0 amide bonds. The van der Waals surface area contributed by atoms with Crippen LogP contribution < -0.4 is 11.1 Å². The average molecular weight is 239 g/mol. The summed E-state index contributed by atoms with van der Waals surface area (Å²) in [6.07, 6.45) is 4.19. The summed E-state index contributed by atoms with van der Waals surface area (Å²) in [5, 5.41) is 13.8. The lowest BCUT2D eigenvalue weighted by Gasteiger charge is -2.26. The number of hydrogen-bond donors (Lipinski definition) is 2. The van der Waals surface area contributed by atoms with Gasteiger partial charge in [0.1, 0.15) is 10.7 Å². The molecule has 1 aromatic heterocycles. The SMILES string of the molecule is NC1CCC(NCc2ccc([N+](=O)[O-])o2)CC1. The number of nitrogens with two attached hydrogens (primary N) is 1. The van der Waals surface area contributed by atoms with Crippen molar-refractivity contribution in [3.8, 4) is 0 Å². The van der Waals surface area contributed by atoms with Gasteiger partial charge in [-0.05, 0) is 31.7 Å². The van der Waals surface area contributed by atoms with Gasteiger partial charge in [-0.25, -0.2) is 0 Å². The first-order valence-corrected chi connectivity index (χ1v) is 5.87. The fourth-order valence-electron chi connectivity index (χ4n) is 2.13. The first-order valence-electron chi connectivity index (χ1n) is 5.87. The highest BCUT2D eigenvalue weighted by atomic mass is 16.6. The normalized spacial score (nSPS) is 24.8. The van der Waals surface area contributed by atoms with Gasteiger partial charge in [0.15, 0.2) is 0 Å². The predicted octanol–water partition coefficient (Wildman–Crippen LogP) is 1.55. The zero-order chi connectivity index (χ0) is 12.3. The van der Waals surface area contributed by atoms with Gasteiger partial charge in [-0.2, -0.15) is 0 Å². The van der Waals surface area contributed by atoms with Crippen LogP contribution in [0.3, 0.4) is 0 Å². The Morgan fingerprint density at radius 2 is 2.12 bits per heavy atom. The number of nitro groups is 1. The molecule has 1 saturated carbocycles. The summed E-state index contributed by atoms with van der Waals surface area (Å²) in [6.45, 7) is 0.535. The molecule has 1 fully saturated rings. The molecule has 0 bridgehead atoms. The smallest absolute Gasteiger partial charge is 0.404 e. The minimum atomic E-state index is -0.525. The summed E-state index contributed by atoms with van der Waals surface area (Å²) in [4.78, 5) is 9.91. The van der Waals surface area contributed by atoms with E-state index in [0.717, 1.165) is 25.7 Å². The summed E-state index contributed by atoms with van der Waals surface area (Å²) in [7, 11) is 0. The maximum atomic E-state index is 10.4. The summed E-state index contributed by atoms with van der Waals surface area (Å²) < 4.78 is 5.07. The Balaban J connectivity index is 1.79. The first kappa shape index (κ1) is 12.1. The molecule has 17 heavy (non-hydrogen) atoms. The lowest BCUT2D eigenvalue weighted by molar-refractivity contribution is -0.402. The lowest BCUT2D eigenvalue weighted by Crippen LogP contribution is -2.36. The second-order valence-corrected chi connectivity index (χ2v) is 4.49. The Morgan fingerprint density at radius 1 is 1.41 bits per heavy atom. The molecule has 0 atom stereocenters. The number of nitrogens with zero attached hydrogens (tertiary/aromatic N) is 1. The maximum Gasteiger partial charge on any atom is 0.433 e. The van der Waals surface area contributed by atoms with Crippen LogP contribution in [0.25, 0.3) is 0 Å². The van der Waals surface area contributed by atoms with Gasteiger partial charge in [0, 0.05) is 12.1 Å². The molecule has 1 heterocycles. The number of hydrogen-bond acceptors (Lipinski definition) is 5. The molecule has 0 unspecified atom stereocenters. The third-order valence-corrected chi connectivity index (χ3v) is 3.16. The molecule has 1 aromatic rings. The number of furan rings is 1. The Hall–Kier alpha value is -1.40. The summed E-state index contributed by atoms with van der Waals surface area (Å²) in [5.74, 6) is 0.402. The molecule has 0 saturated heterocycles. The Labute approximate surface area is 99.3 Å². The average Bonchev–Trinajstić information content (AvgIpc) is 2.77. The van der Waals surface area contributed by atoms with E-state index in [-0.39, 0.29) is 5.88 Å². The molecule has 3 N–H and O–H groups in total. The topological polar surface area (TPSA) is 94.3 Å². The van der Waals surface area contributed by atoms with Crippen LogP contribution in [0, 0.1) is 10.1 Å². The molecule has 94 valence electrons. The molecule has 6 nitrogen and oxygen atoms in total. The van der Waals surface area contributed by atoms with E-state index in [1.165, 1.54) is 6.07 Å². The van der Waals surface area contributed by atoms with Gasteiger partial charge in [0.25, 0.3) is 0 Å². The minimum absolute atomic E-state index is 0.201. The van der Waals surface area contributed by atoms with Gasteiger partial charge in [-0.1, -0.05) is 0 Å². The molecular weight excluding hydrogens is 222 g/mol. The monoisotopic (exact) mass is 239 g/mol. The maximum absolute atomic E-state index is 10.4. The third-order valence-electron chi connectivity index (χ3n) is 3.16. The molecular formula is C11H17N3O3. The highest BCUT2D eigenvalue weighted by Gasteiger charge is 2.18. The standard InChI is InChI=1S/C11H17N3O3/c12-8-1-3-9(4-2-8)13-7-10-5-6-11(17-10)14(15)16/h5-6,8-9,13H,1-4,7,12H2. The van der Waals surface area contributed by atoms with Crippen LogP contribution in [-0.2, 0) is 6.54 Å². The zero-order valence-electron chi connectivity index (χ0n) is 9.59. The molecule has 1 aliphatic carbocycles. The van der Waals surface area contributed by atoms with Crippen LogP contribution in [0.1, 0.15) is 31.4 Å². The molecule has 0 aliphatic heterocycles. The van der Waals surface area contributed by atoms with Crippen molar-refractivity contribution in [2.75, 3.05) is 0 Å². The Bertz CT molecular complexity index is 383. The van der Waals surface area contributed by atoms with Crippen molar-refractivity contribution < 1.29 is 9.34 Å². The molecule has 0 aromatic carbocycles. The quantitative estimate of drug-likeness (QED) is 0.614. The summed E-state index contributed by atoms with van der Waals surface area (Å²) in [5.41, 5.74) is 5.82. The van der Waals surface area contributed by atoms with Crippen molar-refractivity contribution in [2.24, 2.45) is 5.73 Å². The molecule has 0 spiro atoms. The van der Waals surface area contributed by atoms with Gasteiger partial charge >= 0.3 is 5.88 Å². The molecule has 2 rings (SSSR count). The van der Waals surface area contributed by atoms with Gasteiger partial charge in [0.05, 0.1) is 12.6 Å². The van der Waals surface area contributed by atoms with E-state index >= 15 is 0 Å². The number of nitrogens with one attached hydrogen (secondary N) is 1. The minimum Gasteiger partial charge on any atom is -0.404 e. The van der Waals surface area contributed by atoms with E-state index < -0.39 is 4.92 Å². The predicted molar refractivity (Wildman–Crippen MR) is 62.4 cm³/mol. The summed E-state index contributed by atoms with van der Waals surface area (Å²) in [6, 6.07) is 3.80. The van der Waals surface area contributed by atoms with E-state index in [4.69, 9.17) is 10.2 Å². The molecule has 6 heteroatoms. The number of rotatable bonds is 4. The van der Waals surface area contributed by atoms with Crippen molar-refractivity contribution >= 4 is 5.88 Å². The highest BCUT2D eigenvalue weighted by Crippen LogP contribution is 2.19. The van der Waals surface area contributed by atoms with Crippen molar-refractivity contribution in [1.29, 1.82) is 0 Å². The zero-order valence-corrected chi connectivity index (χ0v) is 9.59. The Morgan fingerprint density at radius 3 is 2.71 bits per heavy atom. The van der Waals surface area contributed by atoms with E-state index in [2.05, 4.69) is 5.32 Å². The van der Waals surface area contributed by atoms with Crippen LogP contribution in [-0.4, -0.2) is 17.0 Å². The van der Waals surface area contributed by atoms with Crippen LogP contribution in [0.4, 0.5) is 5.88 Å². The largest absolute Gasteiger partial charge is 0.433 e.